The summed E-state index contributed by atoms with van der Waals surface area (Å²) in [7, 11) is 1.26. The molecule has 1 fully saturated rings. The maximum atomic E-state index is 11.9. The van der Waals surface area contributed by atoms with Gasteiger partial charge in [0.1, 0.15) is 11.0 Å². The average Bonchev–Trinajstić information content (AvgIpc) is 2.80. The van der Waals surface area contributed by atoms with Crippen molar-refractivity contribution in [1.29, 1.82) is 0 Å². The van der Waals surface area contributed by atoms with Gasteiger partial charge in [0.2, 0.25) is 0 Å². The van der Waals surface area contributed by atoms with Crippen LogP contribution in [0.3, 0.4) is 0 Å². The minimum atomic E-state index is -3.98. The van der Waals surface area contributed by atoms with Crippen LogP contribution in [0.5, 0.6) is 0 Å². The van der Waals surface area contributed by atoms with Crippen molar-refractivity contribution in [3.05, 3.63) is 28.8 Å². The van der Waals surface area contributed by atoms with Gasteiger partial charge in [0.05, 0.1) is 10.6 Å². The maximum Gasteiger partial charge on any atom is 0.338 e. The molecular formula is C12H12Cl2O4S. The smallest absolute Gasteiger partial charge is 0.338 e. The molecule has 0 unspecified atom stereocenters. The summed E-state index contributed by atoms with van der Waals surface area (Å²) < 4.78 is 27.9. The minimum Gasteiger partial charge on any atom is -0.459 e. The summed E-state index contributed by atoms with van der Waals surface area (Å²) in [6.07, 6.45) is 3.69. The SMILES string of the molecule is O=C(OC1CCCC1)c1ccc(Cl)c(S(=O)(=O)Cl)c1. The van der Waals surface area contributed by atoms with Crippen molar-refractivity contribution >= 4 is 37.3 Å². The molecule has 0 amide bonds. The van der Waals surface area contributed by atoms with Gasteiger partial charge < -0.3 is 4.74 Å². The number of esters is 1. The molecule has 1 aliphatic rings. The Bertz CT molecular complexity index is 592. The van der Waals surface area contributed by atoms with Gasteiger partial charge in [0, 0.05) is 10.7 Å². The van der Waals surface area contributed by atoms with E-state index in [4.69, 9.17) is 27.0 Å². The van der Waals surface area contributed by atoms with Gasteiger partial charge in [0.25, 0.3) is 9.05 Å². The van der Waals surface area contributed by atoms with Crippen LogP contribution in [0.2, 0.25) is 5.02 Å². The first-order valence-electron chi connectivity index (χ1n) is 5.83. The molecule has 0 bridgehead atoms. The number of ether oxygens (including phenoxy) is 1. The van der Waals surface area contributed by atoms with Crippen LogP contribution in [-0.4, -0.2) is 20.5 Å². The van der Waals surface area contributed by atoms with Gasteiger partial charge in [-0.25, -0.2) is 13.2 Å². The largest absolute Gasteiger partial charge is 0.459 e. The predicted molar refractivity (Wildman–Crippen MR) is 72.2 cm³/mol. The summed E-state index contributed by atoms with van der Waals surface area (Å²) >= 11 is 5.74. The average molecular weight is 323 g/mol. The van der Waals surface area contributed by atoms with Crippen LogP contribution in [0.4, 0.5) is 0 Å². The third-order valence-electron chi connectivity index (χ3n) is 3.01. The van der Waals surface area contributed by atoms with Crippen molar-refractivity contribution in [2.24, 2.45) is 0 Å². The highest BCUT2D eigenvalue weighted by atomic mass is 35.7. The van der Waals surface area contributed by atoms with E-state index in [0.717, 1.165) is 31.7 Å². The van der Waals surface area contributed by atoms with E-state index in [1.165, 1.54) is 12.1 Å². The number of carbonyl (C=O) groups is 1. The molecular weight excluding hydrogens is 311 g/mol. The van der Waals surface area contributed by atoms with Gasteiger partial charge in [-0.3, -0.25) is 0 Å². The summed E-state index contributed by atoms with van der Waals surface area (Å²) in [5, 5.41) is -0.0209. The van der Waals surface area contributed by atoms with E-state index in [1.807, 2.05) is 0 Å². The Balaban J connectivity index is 2.23. The molecule has 1 aromatic carbocycles. The Morgan fingerprint density at radius 1 is 1.26 bits per heavy atom. The maximum absolute atomic E-state index is 11.9. The molecule has 1 aromatic rings. The highest BCUT2D eigenvalue weighted by molar-refractivity contribution is 8.13. The number of rotatable bonds is 3. The van der Waals surface area contributed by atoms with E-state index in [1.54, 1.807) is 0 Å². The van der Waals surface area contributed by atoms with Gasteiger partial charge in [0.15, 0.2) is 0 Å². The van der Waals surface area contributed by atoms with Crippen LogP contribution in [0.25, 0.3) is 0 Å². The van der Waals surface area contributed by atoms with Crippen LogP contribution >= 0.6 is 22.3 Å². The number of halogens is 2. The molecule has 0 radical (unpaired) electrons. The Kier molecular flexibility index (Phi) is 4.38. The number of hydrogen-bond acceptors (Lipinski definition) is 4. The summed E-state index contributed by atoms with van der Waals surface area (Å²) in [5.41, 5.74) is 0.135. The fourth-order valence-electron chi connectivity index (χ4n) is 2.04. The van der Waals surface area contributed by atoms with Crippen molar-refractivity contribution in [3.63, 3.8) is 0 Å². The zero-order valence-electron chi connectivity index (χ0n) is 9.93. The first-order valence-corrected chi connectivity index (χ1v) is 8.52. The van der Waals surface area contributed by atoms with Gasteiger partial charge in [-0.1, -0.05) is 11.6 Å². The summed E-state index contributed by atoms with van der Waals surface area (Å²) in [5.74, 6) is -0.551. The fraction of sp³-hybridized carbons (Fsp3) is 0.417. The van der Waals surface area contributed by atoms with Crippen LogP contribution in [-0.2, 0) is 13.8 Å². The fourth-order valence-corrected chi connectivity index (χ4v) is 3.54. The second-order valence-electron chi connectivity index (χ2n) is 4.39. The van der Waals surface area contributed by atoms with E-state index in [9.17, 15) is 13.2 Å². The summed E-state index contributed by atoms with van der Waals surface area (Å²) in [4.78, 5) is 11.6. The first-order chi connectivity index (χ1) is 8.88. The van der Waals surface area contributed by atoms with E-state index >= 15 is 0 Å². The molecule has 2 rings (SSSR count). The lowest BCUT2D eigenvalue weighted by molar-refractivity contribution is 0.0317. The number of carbonyl (C=O) groups excluding carboxylic acids is 1. The molecule has 7 heteroatoms. The van der Waals surface area contributed by atoms with Crippen molar-refractivity contribution in [2.75, 3.05) is 0 Å². The van der Waals surface area contributed by atoms with Crippen molar-refractivity contribution in [3.8, 4) is 0 Å². The standard InChI is InChI=1S/C12H12Cl2O4S/c13-10-6-5-8(7-11(10)19(14,16)17)12(15)18-9-3-1-2-4-9/h5-7,9H,1-4H2. The number of benzene rings is 1. The molecule has 104 valence electrons. The molecule has 1 saturated carbocycles. The quantitative estimate of drug-likeness (QED) is 0.632. The molecule has 1 aliphatic carbocycles. The Labute approximate surface area is 121 Å². The van der Waals surface area contributed by atoms with Gasteiger partial charge >= 0.3 is 5.97 Å². The van der Waals surface area contributed by atoms with Crippen molar-refractivity contribution in [2.45, 2.75) is 36.7 Å². The van der Waals surface area contributed by atoms with E-state index in [-0.39, 0.29) is 21.6 Å². The second-order valence-corrected chi connectivity index (χ2v) is 7.34. The van der Waals surface area contributed by atoms with Crippen LogP contribution < -0.4 is 0 Å². The van der Waals surface area contributed by atoms with E-state index < -0.39 is 15.0 Å². The Hall–Kier alpha value is -0.780. The normalized spacial score (nSPS) is 16.5. The molecule has 0 spiro atoms. The Morgan fingerprint density at radius 2 is 1.89 bits per heavy atom. The monoisotopic (exact) mass is 322 g/mol. The molecule has 19 heavy (non-hydrogen) atoms. The predicted octanol–water partition coefficient (Wildman–Crippen LogP) is 3.37. The van der Waals surface area contributed by atoms with Crippen LogP contribution in [0.1, 0.15) is 36.0 Å². The van der Waals surface area contributed by atoms with Crippen LogP contribution in [0.15, 0.2) is 23.1 Å². The topological polar surface area (TPSA) is 60.4 Å². The molecule has 0 N–H and O–H groups in total. The molecule has 0 atom stereocenters. The van der Waals surface area contributed by atoms with Crippen molar-refractivity contribution in [1.82, 2.24) is 0 Å². The second kappa shape index (κ2) is 5.69. The molecule has 4 nitrogen and oxygen atoms in total. The summed E-state index contributed by atoms with van der Waals surface area (Å²) in [6, 6.07) is 3.88. The van der Waals surface area contributed by atoms with E-state index in [0.29, 0.717) is 0 Å². The zero-order valence-corrected chi connectivity index (χ0v) is 12.3. The lowest BCUT2D eigenvalue weighted by Crippen LogP contribution is -2.15. The molecule has 0 saturated heterocycles. The lowest BCUT2D eigenvalue weighted by atomic mass is 10.2. The number of hydrogen-bond donors (Lipinski definition) is 0. The molecule has 0 aliphatic heterocycles. The Morgan fingerprint density at radius 3 is 2.47 bits per heavy atom. The van der Waals surface area contributed by atoms with E-state index in [2.05, 4.69) is 0 Å². The highest BCUT2D eigenvalue weighted by Crippen LogP contribution is 2.27. The van der Waals surface area contributed by atoms with Gasteiger partial charge in [-0.05, 0) is 43.9 Å². The van der Waals surface area contributed by atoms with Gasteiger partial charge in [-0.15, -0.1) is 0 Å². The van der Waals surface area contributed by atoms with Crippen molar-refractivity contribution < 1.29 is 17.9 Å². The third-order valence-corrected chi connectivity index (χ3v) is 4.81. The third kappa shape index (κ3) is 3.61. The highest BCUT2D eigenvalue weighted by Gasteiger charge is 2.22. The first kappa shape index (κ1) is 14.6. The molecule has 0 heterocycles. The molecule has 0 aromatic heterocycles. The summed E-state index contributed by atoms with van der Waals surface area (Å²) in [6.45, 7) is 0. The zero-order chi connectivity index (χ0) is 14.0. The van der Waals surface area contributed by atoms with Gasteiger partial charge in [-0.2, -0.15) is 0 Å². The lowest BCUT2D eigenvalue weighted by Gasteiger charge is -2.11. The van der Waals surface area contributed by atoms with Crippen LogP contribution in [0, 0.1) is 0 Å². The minimum absolute atomic E-state index is 0.0209.